The number of nitrogen functional groups attached to an aromatic ring is 1. The summed E-state index contributed by atoms with van der Waals surface area (Å²) in [4.78, 5) is 12.2. The molecule has 0 radical (unpaired) electrons. The van der Waals surface area contributed by atoms with E-state index in [-0.39, 0.29) is 11.6 Å². The number of amides is 1. The lowest BCUT2D eigenvalue weighted by Gasteiger charge is -2.11. The molecule has 4 nitrogen and oxygen atoms in total. The summed E-state index contributed by atoms with van der Waals surface area (Å²) >= 11 is 9.27. The highest BCUT2D eigenvalue weighted by Gasteiger charge is 2.13. The van der Waals surface area contributed by atoms with E-state index in [0.29, 0.717) is 22.0 Å². The van der Waals surface area contributed by atoms with E-state index in [1.54, 1.807) is 43.5 Å². The average Bonchev–Trinajstić information content (AvgIpc) is 2.44. The zero-order valence-electron chi connectivity index (χ0n) is 10.6. The number of hydrogen-bond acceptors (Lipinski definition) is 3. The molecule has 0 aliphatic carbocycles. The fraction of sp³-hybridized carbons (Fsp3) is 0.0714. The number of nitrogens with two attached hydrogens (primary N) is 1. The minimum absolute atomic E-state index is 0.255. The summed E-state index contributed by atoms with van der Waals surface area (Å²) in [6.45, 7) is 0. The molecule has 2 rings (SSSR count). The number of ether oxygens (including phenoxy) is 1. The predicted octanol–water partition coefficient (Wildman–Crippen LogP) is 3.95. The third-order valence-electron chi connectivity index (χ3n) is 2.72. The van der Waals surface area contributed by atoms with Crippen LogP contribution >= 0.6 is 27.5 Å². The van der Waals surface area contributed by atoms with Crippen LogP contribution in [0.25, 0.3) is 0 Å². The van der Waals surface area contributed by atoms with Gasteiger partial charge in [-0.25, -0.2) is 0 Å². The fourth-order valence-corrected chi connectivity index (χ4v) is 2.17. The smallest absolute Gasteiger partial charge is 0.257 e. The molecule has 0 saturated carbocycles. The number of para-hydroxylation sites is 1. The highest BCUT2D eigenvalue weighted by molar-refractivity contribution is 9.10. The van der Waals surface area contributed by atoms with Crippen molar-refractivity contribution in [3.05, 3.63) is 51.5 Å². The van der Waals surface area contributed by atoms with Gasteiger partial charge in [0.25, 0.3) is 5.91 Å². The molecule has 20 heavy (non-hydrogen) atoms. The number of rotatable bonds is 3. The van der Waals surface area contributed by atoms with E-state index in [1.807, 2.05) is 0 Å². The summed E-state index contributed by atoms with van der Waals surface area (Å²) in [5.41, 5.74) is 6.97. The van der Waals surface area contributed by atoms with Crippen molar-refractivity contribution >= 4 is 44.8 Å². The molecule has 0 fully saturated rings. The van der Waals surface area contributed by atoms with E-state index in [1.165, 1.54) is 0 Å². The Labute approximate surface area is 130 Å². The predicted molar refractivity (Wildman–Crippen MR) is 84.5 cm³/mol. The Morgan fingerprint density at radius 3 is 2.80 bits per heavy atom. The van der Waals surface area contributed by atoms with Gasteiger partial charge in [-0.15, -0.1) is 0 Å². The second-order valence-electron chi connectivity index (χ2n) is 4.00. The molecule has 1 amide bonds. The molecular weight excluding hydrogens is 344 g/mol. The van der Waals surface area contributed by atoms with Crippen molar-refractivity contribution in [2.24, 2.45) is 0 Å². The van der Waals surface area contributed by atoms with Gasteiger partial charge in [0.15, 0.2) is 0 Å². The molecule has 0 aromatic heterocycles. The first kappa shape index (κ1) is 14.7. The van der Waals surface area contributed by atoms with Gasteiger partial charge in [-0.05, 0) is 40.2 Å². The van der Waals surface area contributed by atoms with Crippen molar-refractivity contribution in [1.29, 1.82) is 0 Å². The molecule has 0 aliphatic heterocycles. The zero-order valence-corrected chi connectivity index (χ0v) is 13.0. The lowest BCUT2D eigenvalue weighted by atomic mass is 10.1. The normalized spacial score (nSPS) is 10.2. The minimum atomic E-state index is -0.334. The third-order valence-corrected chi connectivity index (χ3v) is 3.74. The summed E-state index contributed by atoms with van der Waals surface area (Å²) in [5.74, 6) is 0.307. The Morgan fingerprint density at radius 1 is 1.35 bits per heavy atom. The van der Waals surface area contributed by atoms with E-state index < -0.39 is 0 Å². The molecule has 0 atom stereocenters. The van der Waals surface area contributed by atoms with E-state index in [9.17, 15) is 4.79 Å². The summed E-state index contributed by atoms with van der Waals surface area (Å²) in [6, 6.07) is 10.2. The Balaban J connectivity index is 2.30. The number of carbonyl (C=O) groups excluding carboxylic acids is 1. The van der Waals surface area contributed by atoms with Crippen molar-refractivity contribution in [3.8, 4) is 5.75 Å². The summed E-state index contributed by atoms with van der Waals surface area (Å²) < 4.78 is 5.86. The molecule has 104 valence electrons. The highest BCUT2D eigenvalue weighted by Crippen LogP contribution is 2.29. The second-order valence-corrected chi connectivity index (χ2v) is 5.26. The van der Waals surface area contributed by atoms with E-state index >= 15 is 0 Å². The first-order valence-electron chi connectivity index (χ1n) is 5.72. The minimum Gasteiger partial charge on any atom is -0.497 e. The number of halogens is 2. The quantitative estimate of drug-likeness (QED) is 0.820. The van der Waals surface area contributed by atoms with Gasteiger partial charge in [0.05, 0.1) is 29.1 Å². The molecule has 0 aliphatic rings. The standard InChI is InChI=1S/C14H12BrClN2O2/c1-20-8-5-6-10(15)12(7-8)18-14(19)9-3-2-4-11(16)13(9)17/h2-7H,17H2,1H3,(H,18,19). The number of carbonyl (C=O) groups is 1. The van der Waals surface area contributed by atoms with Crippen LogP contribution in [0.3, 0.4) is 0 Å². The van der Waals surface area contributed by atoms with Crippen LogP contribution in [0, 0.1) is 0 Å². The van der Waals surface area contributed by atoms with Gasteiger partial charge < -0.3 is 15.8 Å². The molecule has 6 heteroatoms. The van der Waals surface area contributed by atoms with Crippen LogP contribution in [0.1, 0.15) is 10.4 Å². The van der Waals surface area contributed by atoms with E-state index in [4.69, 9.17) is 22.1 Å². The maximum atomic E-state index is 12.2. The first-order valence-corrected chi connectivity index (χ1v) is 6.89. The third kappa shape index (κ3) is 3.05. The average molecular weight is 356 g/mol. The number of methoxy groups -OCH3 is 1. The highest BCUT2D eigenvalue weighted by atomic mass is 79.9. The van der Waals surface area contributed by atoms with Crippen LogP contribution in [0.4, 0.5) is 11.4 Å². The molecule has 0 spiro atoms. The molecule has 0 heterocycles. The largest absolute Gasteiger partial charge is 0.497 e. The molecule has 0 bridgehead atoms. The van der Waals surface area contributed by atoms with Crippen LogP contribution in [0.2, 0.25) is 5.02 Å². The molecule has 0 unspecified atom stereocenters. The Kier molecular flexibility index (Phi) is 4.52. The van der Waals surface area contributed by atoms with Crippen molar-refractivity contribution in [2.45, 2.75) is 0 Å². The van der Waals surface area contributed by atoms with E-state index in [0.717, 1.165) is 4.47 Å². The zero-order chi connectivity index (χ0) is 14.7. The van der Waals surface area contributed by atoms with Crippen molar-refractivity contribution in [1.82, 2.24) is 0 Å². The number of benzene rings is 2. The Bertz CT molecular complexity index is 662. The summed E-state index contributed by atoms with van der Waals surface area (Å²) in [7, 11) is 1.56. The Hall–Kier alpha value is -1.72. The summed E-state index contributed by atoms with van der Waals surface area (Å²) in [6.07, 6.45) is 0. The lowest BCUT2D eigenvalue weighted by molar-refractivity contribution is 0.102. The first-order chi connectivity index (χ1) is 9.52. The van der Waals surface area contributed by atoms with Gasteiger partial charge in [0, 0.05) is 10.5 Å². The lowest BCUT2D eigenvalue weighted by Crippen LogP contribution is -2.14. The molecule has 0 saturated heterocycles. The SMILES string of the molecule is COc1ccc(Br)c(NC(=O)c2cccc(Cl)c2N)c1. The van der Waals surface area contributed by atoms with Crippen LogP contribution in [0.5, 0.6) is 5.75 Å². The Morgan fingerprint density at radius 2 is 2.10 bits per heavy atom. The summed E-state index contributed by atoms with van der Waals surface area (Å²) in [5, 5.41) is 3.11. The number of anilines is 2. The maximum Gasteiger partial charge on any atom is 0.257 e. The van der Waals surface area contributed by atoms with E-state index in [2.05, 4.69) is 21.2 Å². The van der Waals surface area contributed by atoms with Crippen molar-refractivity contribution in [3.63, 3.8) is 0 Å². The van der Waals surface area contributed by atoms with Gasteiger partial charge in [-0.1, -0.05) is 17.7 Å². The topological polar surface area (TPSA) is 64.3 Å². The van der Waals surface area contributed by atoms with Gasteiger partial charge in [0.1, 0.15) is 5.75 Å². The van der Waals surface area contributed by atoms with Crippen molar-refractivity contribution < 1.29 is 9.53 Å². The van der Waals surface area contributed by atoms with Gasteiger partial charge in [-0.2, -0.15) is 0 Å². The van der Waals surface area contributed by atoms with Gasteiger partial charge >= 0.3 is 0 Å². The maximum absolute atomic E-state index is 12.2. The van der Waals surface area contributed by atoms with Crippen LogP contribution < -0.4 is 15.8 Å². The number of hydrogen-bond donors (Lipinski definition) is 2. The van der Waals surface area contributed by atoms with Crippen LogP contribution in [0.15, 0.2) is 40.9 Å². The number of nitrogens with one attached hydrogen (secondary N) is 1. The molecule has 2 aromatic rings. The van der Waals surface area contributed by atoms with Gasteiger partial charge in [-0.3, -0.25) is 4.79 Å². The second kappa shape index (κ2) is 6.15. The van der Waals surface area contributed by atoms with Crippen LogP contribution in [-0.2, 0) is 0 Å². The molecule has 2 aromatic carbocycles. The fourth-order valence-electron chi connectivity index (χ4n) is 1.65. The monoisotopic (exact) mass is 354 g/mol. The van der Waals surface area contributed by atoms with Crippen LogP contribution in [-0.4, -0.2) is 13.0 Å². The van der Waals surface area contributed by atoms with Gasteiger partial charge in [0.2, 0.25) is 0 Å². The van der Waals surface area contributed by atoms with Crippen molar-refractivity contribution in [2.75, 3.05) is 18.2 Å². The molecule has 3 N–H and O–H groups in total. The molecular formula is C14H12BrClN2O2.